The van der Waals surface area contributed by atoms with Crippen molar-refractivity contribution in [2.24, 2.45) is 0 Å². The Labute approximate surface area is 192 Å². The molecule has 3 saturated heterocycles. The fraction of sp³-hybridized carbons (Fsp3) is 0.680. The summed E-state index contributed by atoms with van der Waals surface area (Å²) >= 11 is 0. The number of hydrogen-bond donors (Lipinski definition) is 0. The van der Waals surface area contributed by atoms with Gasteiger partial charge < -0.3 is 14.7 Å². The Morgan fingerprint density at radius 2 is 1.56 bits per heavy atom. The van der Waals surface area contributed by atoms with Crippen LogP contribution in [0, 0.1) is 0 Å². The minimum absolute atomic E-state index is 0.230. The van der Waals surface area contributed by atoms with Crippen molar-refractivity contribution in [3.05, 3.63) is 24.3 Å². The SMILES string of the molecule is CCC[C@H](C)N1CCN(C(=O)CN2CCN(c3ccc(N4CCCC4=O)cc3)CC2)CC1. The van der Waals surface area contributed by atoms with E-state index in [-0.39, 0.29) is 11.8 Å². The zero-order valence-electron chi connectivity index (χ0n) is 19.8. The van der Waals surface area contributed by atoms with E-state index >= 15 is 0 Å². The second-order valence-electron chi connectivity index (χ2n) is 9.48. The average Bonchev–Trinajstić information content (AvgIpc) is 3.26. The molecule has 0 spiro atoms. The first-order valence-electron chi connectivity index (χ1n) is 12.4. The first-order valence-corrected chi connectivity index (χ1v) is 12.4. The normalized spacial score (nSPS) is 21.9. The number of benzene rings is 1. The maximum atomic E-state index is 12.8. The smallest absolute Gasteiger partial charge is 0.236 e. The van der Waals surface area contributed by atoms with Gasteiger partial charge in [-0.3, -0.25) is 19.4 Å². The van der Waals surface area contributed by atoms with Crippen LogP contribution in [0.1, 0.15) is 39.5 Å². The third-order valence-corrected chi connectivity index (χ3v) is 7.33. The lowest BCUT2D eigenvalue weighted by molar-refractivity contribution is -0.134. The van der Waals surface area contributed by atoms with E-state index in [1.54, 1.807) is 0 Å². The van der Waals surface area contributed by atoms with Gasteiger partial charge in [0.15, 0.2) is 0 Å². The zero-order chi connectivity index (χ0) is 22.5. The predicted octanol–water partition coefficient (Wildman–Crippen LogP) is 2.27. The number of hydrogen-bond acceptors (Lipinski definition) is 5. The van der Waals surface area contributed by atoms with E-state index in [0.29, 0.717) is 19.0 Å². The van der Waals surface area contributed by atoms with Gasteiger partial charge in [0.25, 0.3) is 0 Å². The highest BCUT2D eigenvalue weighted by atomic mass is 16.2. The van der Waals surface area contributed by atoms with Crippen molar-refractivity contribution in [2.75, 3.05) is 75.2 Å². The van der Waals surface area contributed by atoms with Gasteiger partial charge in [0, 0.05) is 82.7 Å². The molecule has 0 bridgehead atoms. The molecule has 0 radical (unpaired) electrons. The fourth-order valence-electron chi connectivity index (χ4n) is 5.23. The van der Waals surface area contributed by atoms with E-state index in [4.69, 9.17) is 0 Å². The molecule has 3 aliphatic rings. The lowest BCUT2D eigenvalue weighted by Gasteiger charge is -2.40. The molecule has 1 aromatic carbocycles. The first kappa shape index (κ1) is 23.1. The van der Waals surface area contributed by atoms with Crippen LogP contribution in [0.25, 0.3) is 0 Å². The Kier molecular flexibility index (Phi) is 7.68. The monoisotopic (exact) mass is 441 g/mol. The molecule has 7 nitrogen and oxygen atoms in total. The molecule has 0 aliphatic carbocycles. The fourth-order valence-corrected chi connectivity index (χ4v) is 5.23. The Balaban J connectivity index is 1.20. The van der Waals surface area contributed by atoms with E-state index in [1.807, 2.05) is 4.90 Å². The van der Waals surface area contributed by atoms with Crippen molar-refractivity contribution < 1.29 is 9.59 Å². The van der Waals surface area contributed by atoms with Crippen molar-refractivity contribution in [3.8, 4) is 0 Å². The standard InChI is InChI=1S/C25H39N5O2/c1-3-5-21(2)27-16-18-29(19-17-27)25(32)20-26-12-14-28(15-13-26)22-7-9-23(10-8-22)30-11-4-6-24(30)31/h7-10,21H,3-6,11-20H2,1-2H3/t21-/m0/s1. The van der Waals surface area contributed by atoms with Gasteiger partial charge >= 0.3 is 0 Å². The third kappa shape index (κ3) is 5.44. The van der Waals surface area contributed by atoms with Gasteiger partial charge in [-0.2, -0.15) is 0 Å². The molecular formula is C25H39N5O2. The summed E-state index contributed by atoms with van der Waals surface area (Å²) < 4.78 is 0. The maximum Gasteiger partial charge on any atom is 0.236 e. The highest BCUT2D eigenvalue weighted by molar-refractivity contribution is 5.95. The lowest BCUT2D eigenvalue weighted by atomic mass is 10.1. The molecule has 0 aromatic heterocycles. The highest BCUT2D eigenvalue weighted by Crippen LogP contribution is 2.25. The van der Waals surface area contributed by atoms with Crippen molar-refractivity contribution >= 4 is 23.2 Å². The molecule has 2 amide bonds. The molecule has 0 N–H and O–H groups in total. The molecule has 4 rings (SSSR count). The first-order chi connectivity index (χ1) is 15.5. The maximum absolute atomic E-state index is 12.8. The second-order valence-corrected chi connectivity index (χ2v) is 9.48. The molecule has 1 atom stereocenters. The topological polar surface area (TPSA) is 50.3 Å². The number of anilines is 2. The minimum atomic E-state index is 0.230. The van der Waals surface area contributed by atoms with Gasteiger partial charge in [0.1, 0.15) is 0 Å². The number of rotatable bonds is 7. The summed E-state index contributed by atoms with van der Waals surface area (Å²) in [5, 5.41) is 0. The van der Waals surface area contributed by atoms with E-state index in [1.165, 1.54) is 18.5 Å². The van der Waals surface area contributed by atoms with Gasteiger partial charge in [0.05, 0.1) is 6.54 Å². The summed E-state index contributed by atoms with van der Waals surface area (Å²) in [7, 11) is 0. The Morgan fingerprint density at radius 1 is 0.906 bits per heavy atom. The summed E-state index contributed by atoms with van der Waals surface area (Å²) in [5.74, 6) is 0.508. The second kappa shape index (κ2) is 10.7. The van der Waals surface area contributed by atoms with Gasteiger partial charge in [-0.25, -0.2) is 0 Å². The minimum Gasteiger partial charge on any atom is -0.369 e. The van der Waals surface area contributed by atoms with Crippen LogP contribution in [0.3, 0.4) is 0 Å². The average molecular weight is 442 g/mol. The van der Waals surface area contributed by atoms with Crippen molar-refractivity contribution in [2.45, 2.75) is 45.6 Å². The van der Waals surface area contributed by atoms with Crippen LogP contribution in [0.5, 0.6) is 0 Å². The number of carbonyl (C=O) groups is 2. The Hall–Kier alpha value is -2.12. The molecule has 3 aliphatic heterocycles. The van der Waals surface area contributed by atoms with Crippen LogP contribution in [-0.2, 0) is 9.59 Å². The van der Waals surface area contributed by atoms with Crippen molar-refractivity contribution in [1.82, 2.24) is 14.7 Å². The van der Waals surface area contributed by atoms with Gasteiger partial charge in [-0.15, -0.1) is 0 Å². The quantitative estimate of drug-likeness (QED) is 0.650. The number of amides is 2. The number of piperazine rings is 2. The van der Waals surface area contributed by atoms with E-state index in [9.17, 15) is 9.59 Å². The molecule has 32 heavy (non-hydrogen) atoms. The molecule has 3 fully saturated rings. The molecule has 176 valence electrons. The molecular weight excluding hydrogens is 402 g/mol. The van der Waals surface area contributed by atoms with Gasteiger partial charge in [0.2, 0.25) is 11.8 Å². The summed E-state index contributed by atoms with van der Waals surface area (Å²) in [6.07, 6.45) is 4.07. The summed E-state index contributed by atoms with van der Waals surface area (Å²) in [6, 6.07) is 9.00. The van der Waals surface area contributed by atoms with Crippen LogP contribution in [0.4, 0.5) is 11.4 Å². The number of nitrogens with zero attached hydrogens (tertiary/aromatic N) is 5. The predicted molar refractivity (Wildman–Crippen MR) is 129 cm³/mol. The lowest BCUT2D eigenvalue weighted by Crippen LogP contribution is -2.55. The Bertz CT molecular complexity index is 767. The van der Waals surface area contributed by atoms with E-state index in [0.717, 1.165) is 71.0 Å². The van der Waals surface area contributed by atoms with Crippen LogP contribution < -0.4 is 9.80 Å². The zero-order valence-corrected chi connectivity index (χ0v) is 19.8. The highest BCUT2D eigenvalue weighted by Gasteiger charge is 2.26. The summed E-state index contributed by atoms with van der Waals surface area (Å²) in [4.78, 5) is 35.9. The molecule has 7 heteroatoms. The Morgan fingerprint density at radius 3 is 2.16 bits per heavy atom. The molecule has 3 heterocycles. The molecule has 0 saturated carbocycles. The largest absolute Gasteiger partial charge is 0.369 e. The van der Waals surface area contributed by atoms with Crippen LogP contribution in [-0.4, -0.2) is 98.0 Å². The van der Waals surface area contributed by atoms with Gasteiger partial charge in [-0.1, -0.05) is 13.3 Å². The summed E-state index contributed by atoms with van der Waals surface area (Å²) in [5.41, 5.74) is 2.20. The molecule has 0 unspecified atom stereocenters. The van der Waals surface area contributed by atoms with E-state index in [2.05, 4.69) is 57.7 Å². The van der Waals surface area contributed by atoms with Crippen molar-refractivity contribution in [1.29, 1.82) is 0 Å². The van der Waals surface area contributed by atoms with Crippen LogP contribution in [0.15, 0.2) is 24.3 Å². The van der Waals surface area contributed by atoms with Crippen LogP contribution >= 0.6 is 0 Å². The summed E-state index contributed by atoms with van der Waals surface area (Å²) in [6.45, 7) is 13.3. The number of carbonyl (C=O) groups excluding carboxylic acids is 2. The van der Waals surface area contributed by atoms with Crippen molar-refractivity contribution in [3.63, 3.8) is 0 Å². The third-order valence-electron chi connectivity index (χ3n) is 7.33. The van der Waals surface area contributed by atoms with Gasteiger partial charge in [-0.05, 0) is 44.0 Å². The van der Waals surface area contributed by atoms with Crippen LogP contribution in [0.2, 0.25) is 0 Å². The molecule has 1 aromatic rings. The van der Waals surface area contributed by atoms with E-state index < -0.39 is 0 Å².